The standard InChI is InChI=1S/C27H17F3N2O5/c1-31-18-5-3-13(10-19(18)32(2)27(31)35)15-11-22(33)36-20-6-4-14-25(34)21(37-26(14)23(15)20)9-12-7-16(28)24(30)17(29)8-12/h3-10,15H,11H2,1-2H3/b21-9-. The summed E-state index contributed by atoms with van der Waals surface area (Å²) in [6.45, 7) is 0. The molecule has 0 fully saturated rings. The van der Waals surface area contributed by atoms with Gasteiger partial charge in [0.1, 0.15) is 11.5 Å². The molecule has 0 amide bonds. The number of allylic oxidation sites excluding steroid dienone is 1. The molecule has 37 heavy (non-hydrogen) atoms. The lowest BCUT2D eigenvalue weighted by Gasteiger charge is -2.26. The Labute approximate surface area is 207 Å². The fraction of sp³-hybridized carbons (Fsp3) is 0.148. The van der Waals surface area contributed by atoms with Gasteiger partial charge in [-0.15, -0.1) is 0 Å². The average Bonchev–Trinajstić information content (AvgIpc) is 3.30. The van der Waals surface area contributed by atoms with E-state index in [2.05, 4.69) is 0 Å². The molecule has 7 nitrogen and oxygen atoms in total. The summed E-state index contributed by atoms with van der Waals surface area (Å²) >= 11 is 0. The lowest BCUT2D eigenvalue weighted by Crippen LogP contribution is -2.21. The summed E-state index contributed by atoms with van der Waals surface area (Å²) in [6, 6.07) is 9.84. The Morgan fingerprint density at radius 1 is 0.892 bits per heavy atom. The summed E-state index contributed by atoms with van der Waals surface area (Å²) in [5, 5.41) is 0. The van der Waals surface area contributed by atoms with Crippen LogP contribution in [0.4, 0.5) is 13.2 Å². The molecule has 2 aliphatic rings. The highest BCUT2D eigenvalue weighted by Gasteiger charge is 2.38. The Morgan fingerprint density at radius 3 is 2.32 bits per heavy atom. The number of hydrogen-bond acceptors (Lipinski definition) is 5. The number of nitrogens with zero attached hydrogens (tertiary/aromatic N) is 2. The van der Waals surface area contributed by atoms with Gasteiger partial charge in [-0.3, -0.25) is 18.7 Å². The minimum absolute atomic E-state index is 0.0409. The summed E-state index contributed by atoms with van der Waals surface area (Å²) < 4.78 is 55.1. The van der Waals surface area contributed by atoms with Crippen molar-refractivity contribution in [3.63, 3.8) is 0 Å². The second-order valence-electron chi connectivity index (χ2n) is 8.97. The predicted molar refractivity (Wildman–Crippen MR) is 126 cm³/mol. The van der Waals surface area contributed by atoms with Crippen LogP contribution < -0.4 is 15.2 Å². The Morgan fingerprint density at radius 2 is 1.59 bits per heavy atom. The first kappa shape index (κ1) is 22.8. The van der Waals surface area contributed by atoms with Gasteiger partial charge >= 0.3 is 11.7 Å². The molecule has 0 bridgehead atoms. The minimum Gasteiger partial charge on any atom is -0.452 e. The number of ketones is 1. The summed E-state index contributed by atoms with van der Waals surface area (Å²) in [6.07, 6.45) is 1.08. The van der Waals surface area contributed by atoms with Crippen LogP contribution in [0.25, 0.3) is 17.1 Å². The maximum absolute atomic E-state index is 13.7. The highest BCUT2D eigenvalue weighted by molar-refractivity contribution is 6.15. The molecule has 1 unspecified atom stereocenters. The number of imidazole rings is 1. The first-order valence-corrected chi connectivity index (χ1v) is 11.3. The quantitative estimate of drug-likeness (QED) is 0.175. The van der Waals surface area contributed by atoms with Crippen LogP contribution in [0.15, 0.2) is 53.0 Å². The SMILES string of the molecule is Cn1c(=O)n(C)c2cc(C3CC(=O)Oc4ccc5c(c43)O/C(=C\c3cc(F)c(F)c(F)c3)C5=O)ccc21. The minimum atomic E-state index is -1.62. The Kier molecular flexibility index (Phi) is 4.91. The topological polar surface area (TPSA) is 79.5 Å². The molecule has 1 atom stereocenters. The smallest absolute Gasteiger partial charge is 0.328 e. The van der Waals surface area contributed by atoms with Gasteiger partial charge in [-0.25, -0.2) is 18.0 Å². The molecule has 186 valence electrons. The highest BCUT2D eigenvalue weighted by atomic mass is 19.2. The third-order valence-electron chi connectivity index (χ3n) is 6.78. The van der Waals surface area contributed by atoms with E-state index in [0.29, 0.717) is 22.2 Å². The van der Waals surface area contributed by atoms with Crippen molar-refractivity contribution in [1.29, 1.82) is 0 Å². The monoisotopic (exact) mass is 506 g/mol. The third-order valence-corrected chi connectivity index (χ3v) is 6.78. The van der Waals surface area contributed by atoms with Crippen LogP contribution in [0.1, 0.15) is 39.4 Å². The van der Waals surface area contributed by atoms with E-state index in [1.807, 2.05) is 0 Å². The number of ether oxygens (including phenoxy) is 2. The molecule has 0 saturated carbocycles. The van der Waals surface area contributed by atoms with Gasteiger partial charge in [-0.1, -0.05) is 6.07 Å². The third kappa shape index (κ3) is 3.40. The summed E-state index contributed by atoms with van der Waals surface area (Å²) in [4.78, 5) is 37.9. The number of carbonyl (C=O) groups is 2. The van der Waals surface area contributed by atoms with E-state index in [9.17, 15) is 27.6 Å². The normalized spacial score (nSPS) is 17.6. The lowest BCUT2D eigenvalue weighted by molar-refractivity contribution is -0.135. The molecule has 6 rings (SSSR count). The molecule has 0 spiro atoms. The van der Waals surface area contributed by atoms with Gasteiger partial charge in [0, 0.05) is 25.6 Å². The van der Waals surface area contributed by atoms with Crippen molar-refractivity contribution in [2.45, 2.75) is 12.3 Å². The second-order valence-corrected chi connectivity index (χ2v) is 8.97. The zero-order valence-electron chi connectivity index (χ0n) is 19.5. The van der Waals surface area contributed by atoms with E-state index in [1.54, 1.807) is 32.3 Å². The molecule has 0 radical (unpaired) electrons. The van der Waals surface area contributed by atoms with E-state index >= 15 is 0 Å². The average molecular weight is 506 g/mol. The molecule has 3 heterocycles. The van der Waals surface area contributed by atoms with Crippen molar-refractivity contribution in [1.82, 2.24) is 9.13 Å². The van der Waals surface area contributed by atoms with Crippen molar-refractivity contribution in [3.05, 3.63) is 98.4 Å². The largest absolute Gasteiger partial charge is 0.452 e. The van der Waals surface area contributed by atoms with E-state index < -0.39 is 35.1 Å². The van der Waals surface area contributed by atoms with E-state index in [-0.39, 0.29) is 40.5 Å². The lowest BCUT2D eigenvalue weighted by atomic mass is 9.84. The van der Waals surface area contributed by atoms with Crippen LogP contribution in [0.3, 0.4) is 0 Å². The fourth-order valence-electron chi connectivity index (χ4n) is 4.94. The van der Waals surface area contributed by atoms with Crippen LogP contribution in [0.5, 0.6) is 11.5 Å². The number of halogens is 3. The molecule has 10 heteroatoms. The zero-order valence-corrected chi connectivity index (χ0v) is 19.5. The molecule has 4 aromatic rings. The molecule has 0 N–H and O–H groups in total. The zero-order chi connectivity index (χ0) is 26.2. The predicted octanol–water partition coefficient (Wildman–Crippen LogP) is 4.35. The van der Waals surface area contributed by atoms with Crippen LogP contribution in [0.2, 0.25) is 0 Å². The van der Waals surface area contributed by atoms with Gasteiger partial charge < -0.3 is 9.47 Å². The first-order chi connectivity index (χ1) is 17.6. The van der Waals surface area contributed by atoms with Crippen LogP contribution in [-0.2, 0) is 18.9 Å². The number of Topliss-reactive ketones (excluding diaryl/α,β-unsaturated/α-hetero) is 1. The number of aromatic nitrogens is 2. The van der Waals surface area contributed by atoms with Gasteiger partial charge in [0.15, 0.2) is 23.2 Å². The summed E-state index contributed by atoms with van der Waals surface area (Å²) in [7, 11) is 3.31. The second kappa shape index (κ2) is 7.95. The number of fused-ring (bicyclic) bond motifs is 4. The van der Waals surface area contributed by atoms with Gasteiger partial charge in [0.25, 0.3) is 0 Å². The van der Waals surface area contributed by atoms with Gasteiger partial charge in [-0.2, -0.15) is 0 Å². The van der Waals surface area contributed by atoms with E-state index in [1.165, 1.54) is 21.3 Å². The van der Waals surface area contributed by atoms with Crippen molar-refractivity contribution >= 4 is 28.9 Å². The molecule has 1 aromatic heterocycles. The highest BCUT2D eigenvalue weighted by Crippen LogP contribution is 2.49. The summed E-state index contributed by atoms with van der Waals surface area (Å²) in [5.74, 6) is -5.82. The van der Waals surface area contributed by atoms with Crippen molar-refractivity contribution < 1.29 is 32.2 Å². The number of aryl methyl sites for hydroxylation is 2. The summed E-state index contributed by atoms with van der Waals surface area (Å²) in [5.41, 5.74) is 2.43. The number of carbonyl (C=O) groups excluding carboxylic acids is 2. The van der Waals surface area contributed by atoms with Gasteiger partial charge in [0.2, 0.25) is 5.78 Å². The van der Waals surface area contributed by atoms with Crippen molar-refractivity contribution in [2.75, 3.05) is 0 Å². The number of benzene rings is 3. The molecular formula is C27H17F3N2O5. The Balaban J connectivity index is 1.48. The molecule has 3 aromatic carbocycles. The fourth-order valence-corrected chi connectivity index (χ4v) is 4.94. The molecule has 0 aliphatic carbocycles. The van der Waals surface area contributed by atoms with E-state index in [0.717, 1.165) is 18.2 Å². The number of rotatable bonds is 2. The number of hydrogen-bond donors (Lipinski definition) is 0. The van der Waals surface area contributed by atoms with Gasteiger partial charge in [-0.05, 0) is 53.6 Å². The Bertz CT molecular complexity index is 1760. The molecule has 0 saturated heterocycles. The van der Waals surface area contributed by atoms with Crippen molar-refractivity contribution in [2.24, 2.45) is 14.1 Å². The first-order valence-electron chi connectivity index (χ1n) is 11.3. The number of esters is 1. The van der Waals surface area contributed by atoms with Gasteiger partial charge in [0.05, 0.1) is 23.0 Å². The van der Waals surface area contributed by atoms with Crippen LogP contribution >= 0.6 is 0 Å². The molecule has 2 aliphatic heterocycles. The van der Waals surface area contributed by atoms with E-state index in [4.69, 9.17) is 9.47 Å². The molecular weight excluding hydrogens is 489 g/mol. The Hall–Kier alpha value is -4.60. The van der Waals surface area contributed by atoms with Crippen LogP contribution in [0, 0.1) is 17.5 Å². The van der Waals surface area contributed by atoms with Crippen LogP contribution in [-0.4, -0.2) is 20.9 Å². The maximum Gasteiger partial charge on any atom is 0.328 e. The maximum atomic E-state index is 13.7. The van der Waals surface area contributed by atoms with Crippen molar-refractivity contribution in [3.8, 4) is 11.5 Å².